The van der Waals surface area contributed by atoms with Crippen molar-refractivity contribution in [3.05, 3.63) is 59.7 Å². The van der Waals surface area contributed by atoms with E-state index in [1.54, 1.807) is 31.2 Å². The van der Waals surface area contributed by atoms with Crippen molar-refractivity contribution in [3.8, 4) is 5.75 Å². The number of benzene rings is 2. The predicted octanol–water partition coefficient (Wildman–Crippen LogP) is 3.62. The first-order valence-electron chi connectivity index (χ1n) is 6.10. The van der Waals surface area contributed by atoms with Gasteiger partial charge in [-0.05, 0) is 31.2 Å². The molecule has 0 aliphatic carbocycles. The lowest BCUT2D eigenvalue weighted by Crippen LogP contribution is -2.14. The molecule has 0 aliphatic heterocycles. The fraction of sp³-hybridized carbons (Fsp3) is 0.133. The Labute approximate surface area is 115 Å². The van der Waals surface area contributed by atoms with Crippen LogP contribution < -0.4 is 10.1 Å². The van der Waals surface area contributed by atoms with E-state index in [0.717, 1.165) is 6.07 Å². The fourth-order valence-electron chi connectivity index (χ4n) is 1.72. The summed E-state index contributed by atoms with van der Waals surface area (Å²) in [5.41, 5.74) is 0.209. The van der Waals surface area contributed by atoms with Crippen molar-refractivity contribution < 1.29 is 18.3 Å². The largest absolute Gasteiger partial charge is 0.493 e. The number of hydrogen-bond donors (Lipinski definition) is 1. The first kappa shape index (κ1) is 14.0. The first-order valence-corrected chi connectivity index (χ1v) is 6.10. The molecule has 0 unspecified atom stereocenters. The lowest BCUT2D eigenvalue weighted by Gasteiger charge is -2.10. The summed E-state index contributed by atoms with van der Waals surface area (Å²) in [7, 11) is 0. The molecule has 0 heterocycles. The molecule has 3 nitrogen and oxygen atoms in total. The van der Waals surface area contributed by atoms with Gasteiger partial charge < -0.3 is 10.1 Å². The van der Waals surface area contributed by atoms with Gasteiger partial charge in [-0.15, -0.1) is 0 Å². The zero-order valence-electron chi connectivity index (χ0n) is 10.8. The average Bonchev–Trinajstić information content (AvgIpc) is 2.43. The minimum Gasteiger partial charge on any atom is -0.493 e. The Morgan fingerprint density at radius 2 is 1.95 bits per heavy atom. The molecule has 2 rings (SSSR count). The molecule has 2 aromatic carbocycles. The Bertz CT molecular complexity index is 629. The molecule has 1 amide bonds. The second-order valence-corrected chi connectivity index (χ2v) is 4.01. The quantitative estimate of drug-likeness (QED) is 0.927. The first-order chi connectivity index (χ1) is 9.61. The lowest BCUT2D eigenvalue weighted by molar-refractivity contribution is 0.102. The zero-order chi connectivity index (χ0) is 14.5. The Kier molecular flexibility index (Phi) is 4.30. The summed E-state index contributed by atoms with van der Waals surface area (Å²) < 4.78 is 31.6. The van der Waals surface area contributed by atoms with Gasteiger partial charge >= 0.3 is 0 Å². The molecule has 0 atom stereocenters. The predicted molar refractivity (Wildman–Crippen MR) is 71.9 cm³/mol. The summed E-state index contributed by atoms with van der Waals surface area (Å²) in [5.74, 6) is -1.63. The van der Waals surface area contributed by atoms with Gasteiger partial charge in [-0.25, -0.2) is 8.78 Å². The molecule has 0 spiro atoms. The highest BCUT2D eigenvalue weighted by Gasteiger charge is 2.14. The number of amides is 1. The summed E-state index contributed by atoms with van der Waals surface area (Å²) >= 11 is 0. The highest BCUT2D eigenvalue weighted by atomic mass is 19.1. The van der Waals surface area contributed by atoms with Crippen molar-refractivity contribution in [1.29, 1.82) is 0 Å². The summed E-state index contributed by atoms with van der Waals surface area (Å²) in [5, 5.41) is 2.39. The van der Waals surface area contributed by atoms with Gasteiger partial charge in [0, 0.05) is 6.07 Å². The number of para-hydroxylation sites is 1. The van der Waals surface area contributed by atoms with Gasteiger partial charge in [0.15, 0.2) is 0 Å². The number of carbonyl (C=O) groups excluding carboxylic acids is 1. The third kappa shape index (κ3) is 3.12. The molecule has 0 bridgehead atoms. The Morgan fingerprint density at radius 1 is 1.20 bits per heavy atom. The molecule has 20 heavy (non-hydrogen) atoms. The van der Waals surface area contributed by atoms with E-state index in [0.29, 0.717) is 18.4 Å². The van der Waals surface area contributed by atoms with Crippen molar-refractivity contribution in [2.24, 2.45) is 0 Å². The van der Waals surface area contributed by atoms with Gasteiger partial charge in [-0.3, -0.25) is 4.79 Å². The molecular formula is C15H13F2NO2. The summed E-state index contributed by atoms with van der Waals surface area (Å²) in [6.45, 7) is 2.21. The zero-order valence-corrected chi connectivity index (χ0v) is 10.8. The van der Waals surface area contributed by atoms with Crippen LogP contribution in [-0.2, 0) is 0 Å². The van der Waals surface area contributed by atoms with Crippen LogP contribution in [0.1, 0.15) is 17.3 Å². The molecule has 1 N–H and O–H groups in total. The lowest BCUT2D eigenvalue weighted by atomic mass is 10.2. The highest BCUT2D eigenvalue weighted by Crippen LogP contribution is 2.21. The maximum atomic E-state index is 13.5. The number of rotatable bonds is 4. The van der Waals surface area contributed by atoms with E-state index in [1.165, 1.54) is 6.07 Å². The van der Waals surface area contributed by atoms with E-state index >= 15 is 0 Å². The average molecular weight is 277 g/mol. The summed E-state index contributed by atoms with van der Waals surface area (Å²) in [6.07, 6.45) is 0. The third-order valence-electron chi connectivity index (χ3n) is 2.61. The molecule has 0 radical (unpaired) electrons. The maximum absolute atomic E-state index is 13.5. The fourth-order valence-corrected chi connectivity index (χ4v) is 1.72. The molecule has 0 aromatic heterocycles. The molecular weight excluding hydrogens is 264 g/mol. The Balaban J connectivity index is 2.24. The standard InChI is InChI=1S/C15H13F2NO2/c1-2-20-14-6-4-3-5-11(14)15(19)18-13-8-7-10(16)9-12(13)17/h3-9H,2H2,1H3,(H,18,19). The number of carbonyl (C=O) groups is 1. The second kappa shape index (κ2) is 6.14. The van der Waals surface area contributed by atoms with E-state index in [4.69, 9.17) is 4.74 Å². The second-order valence-electron chi connectivity index (χ2n) is 4.01. The minimum atomic E-state index is -0.827. The number of anilines is 1. The Morgan fingerprint density at radius 3 is 2.65 bits per heavy atom. The van der Waals surface area contributed by atoms with Crippen molar-refractivity contribution in [1.82, 2.24) is 0 Å². The minimum absolute atomic E-state index is 0.0808. The normalized spacial score (nSPS) is 10.2. The maximum Gasteiger partial charge on any atom is 0.259 e. The van der Waals surface area contributed by atoms with E-state index < -0.39 is 17.5 Å². The van der Waals surface area contributed by atoms with Gasteiger partial charge in [0.1, 0.15) is 17.4 Å². The van der Waals surface area contributed by atoms with Crippen molar-refractivity contribution in [3.63, 3.8) is 0 Å². The van der Waals surface area contributed by atoms with Crippen molar-refractivity contribution in [2.75, 3.05) is 11.9 Å². The van der Waals surface area contributed by atoms with Crippen molar-refractivity contribution >= 4 is 11.6 Å². The van der Waals surface area contributed by atoms with Crippen LogP contribution in [0.4, 0.5) is 14.5 Å². The van der Waals surface area contributed by atoms with Gasteiger partial charge in [0.05, 0.1) is 17.9 Å². The van der Waals surface area contributed by atoms with Crippen LogP contribution in [0.3, 0.4) is 0 Å². The summed E-state index contributed by atoms with van der Waals surface area (Å²) in [6, 6.07) is 9.60. The Hall–Kier alpha value is -2.43. The monoisotopic (exact) mass is 277 g/mol. The molecule has 5 heteroatoms. The van der Waals surface area contributed by atoms with Crippen LogP contribution in [0, 0.1) is 11.6 Å². The number of nitrogens with one attached hydrogen (secondary N) is 1. The van der Waals surface area contributed by atoms with Gasteiger partial charge in [0.25, 0.3) is 5.91 Å². The van der Waals surface area contributed by atoms with Gasteiger partial charge in [-0.1, -0.05) is 12.1 Å². The topological polar surface area (TPSA) is 38.3 Å². The van der Waals surface area contributed by atoms with E-state index in [9.17, 15) is 13.6 Å². The molecule has 0 saturated heterocycles. The van der Waals surface area contributed by atoms with Crippen LogP contribution in [0.25, 0.3) is 0 Å². The van der Waals surface area contributed by atoms with Crippen molar-refractivity contribution in [2.45, 2.75) is 6.92 Å². The molecule has 2 aromatic rings. The highest BCUT2D eigenvalue weighted by molar-refractivity contribution is 6.06. The molecule has 0 fully saturated rings. The van der Waals surface area contributed by atoms with Crippen LogP contribution >= 0.6 is 0 Å². The van der Waals surface area contributed by atoms with E-state index in [-0.39, 0.29) is 11.3 Å². The van der Waals surface area contributed by atoms with Gasteiger partial charge in [-0.2, -0.15) is 0 Å². The van der Waals surface area contributed by atoms with E-state index in [1.807, 2.05) is 0 Å². The number of ether oxygens (including phenoxy) is 1. The van der Waals surface area contributed by atoms with Crippen LogP contribution in [0.5, 0.6) is 5.75 Å². The number of halogens is 2. The smallest absolute Gasteiger partial charge is 0.259 e. The van der Waals surface area contributed by atoms with Gasteiger partial charge in [0.2, 0.25) is 0 Å². The van der Waals surface area contributed by atoms with E-state index in [2.05, 4.69) is 5.32 Å². The SMILES string of the molecule is CCOc1ccccc1C(=O)Nc1ccc(F)cc1F. The third-order valence-corrected chi connectivity index (χ3v) is 2.61. The van der Waals surface area contributed by atoms with Crippen LogP contribution in [0.2, 0.25) is 0 Å². The molecule has 0 aliphatic rings. The molecule has 104 valence electrons. The summed E-state index contributed by atoms with van der Waals surface area (Å²) in [4.78, 5) is 12.1. The number of hydrogen-bond acceptors (Lipinski definition) is 2. The van der Waals surface area contributed by atoms with Crippen LogP contribution in [0.15, 0.2) is 42.5 Å². The molecule has 0 saturated carbocycles. The van der Waals surface area contributed by atoms with Crippen LogP contribution in [-0.4, -0.2) is 12.5 Å².